The van der Waals surface area contributed by atoms with Gasteiger partial charge in [-0.3, -0.25) is 9.59 Å². The summed E-state index contributed by atoms with van der Waals surface area (Å²) in [4.78, 5) is 25.0. The van der Waals surface area contributed by atoms with Crippen LogP contribution in [0.25, 0.3) is 11.1 Å². The lowest BCUT2D eigenvalue weighted by Crippen LogP contribution is -2.45. The van der Waals surface area contributed by atoms with Gasteiger partial charge in [0.25, 0.3) is 0 Å². The zero-order valence-electron chi connectivity index (χ0n) is 20.8. The van der Waals surface area contributed by atoms with Crippen LogP contribution in [-0.4, -0.2) is 31.5 Å². The van der Waals surface area contributed by atoms with Crippen LogP contribution in [0, 0.1) is 0 Å². The molecule has 2 N–H and O–H groups in total. The molecule has 0 aromatic heterocycles. The summed E-state index contributed by atoms with van der Waals surface area (Å²) in [6.07, 6.45) is 5.87. The molecule has 0 bridgehead atoms. The van der Waals surface area contributed by atoms with Gasteiger partial charge < -0.3 is 15.4 Å². The van der Waals surface area contributed by atoms with E-state index in [1.807, 2.05) is 48.5 Å². The Morgan fingerprint density at radius 2 is 1.33 bits per heavy atom. The molecule has 1 fully saturated rings. The molecule has 4 rings (SSSR count). The number of carbonyl (C=O) groups excluding carboxylic acids is 2. The molecule has 186 valence electrons. The zero-order valence-corrected chi connectivity index (χ0v) is 20.8. The molecule has 0 atom stereocenters. The molecule has 0 heterocycles. The first-order valence-corrected chi connectivity index (χ1v) is 12.7. The molecule has 1 aliphatic rings. The maximum atomic E-state index is 12.6. The molecule has 5 nitrogen and oxygen atoms in total. The van der Waals surface area contributed by atoms with E-state index < -0.39 is 11.8 Å². The maximum absolute atomic E-state index is 12.6. The van der Waals surface area contributed by atoms with E-state index in [9.17, 15) is 9.59 Å². The summed E-state index contributed by atoms with van der Waals surface area (Å²) in [6, 6.07) is 28.6. The van der Waals surface area contributed by atoms with Crippen molar-refractivity contribution >= 4 is 23.0 Å². The van der Waals surface area contributed by atoms with Crippen molar-refractivity contribution in [3.05, 3.63) is 102 Å². The molecule has 3 aromatic carbocycles. The van der Waals surface area contributed by atoms with Crippen LogP contribution in [0.15, 0.2) is 84.9 Å². The fraction of sp³-hybridized carbons (Fsp3) is 0.290. The Bertz CT molecular complexity index is 1170. The van der Waals surface area contributed by atoms with Gasteiger partial charge in [-0.1, -0.05) is 92.1 Å². The number of rotatable bonds is 8. The minimum atomic E-state index is -0.571. The molecule has 1 saturated carbocycles. The monoisotopic (exact) mass is 482 g/mol. The molecule has 36 heavy (non-hydrogen) atoms. The van der Waals surface area contributed by atoms with Crippen molar-refractivity contribution in [1.82, 2.24) is 10.6 Å². The number of amides is 2. The quantitative estimate of drug-likeness (QED) is 0.324. The van der Waals surface area contributed by atoms with Gasteiger partial charge in [0.15, 0.2) is 0 Å². The van der Waals surface area contributed by atoms with Gasteiger partial charge in [-0.15, -0.1) is 0 Å². The minimum absolute atomic E-state index is 0.108. The number of benzene rings is 3. The van der Waals surface area contributed by atoms with Crippen LogP contribution in [-0.2, 0) is 9.59 Å². The summed E-state index contributed by atoms with van der Waals surface area (Å²) in [7, 11) is 1.66. The van der Waals surface area contributed by atoms with Crippen molar-refractivity contribution < 1.29 is 14.3 Å². The van der Waals surface area contributed by atoms with E-state index in [0.29, 0.717) is 13.0 Å². The van der Waals surface area contributed by atoms with E-state index in [-0.39, 0.29) is 6.04 Å². The largest absolute Gasteiger partial charge is 0.497 e. The second-order valence-corrected chi connectivity index (χ2v) is 9.13. The lowest BCUT2D eigenvalue weighted by molar-refractivity contribution is -0.139. The third-order valence-electron chi connectivity index (χ3n) is 6.67. The van der Waals surface area contributed by atoms with Gasteiger partial charge >= 0.3 is 11.8 Å². The first-order chi connectivity index (χ1) is 17.7. The predicted molar refractivity (Wildman–Crippen MR) is 144 cm³/mol. The van der Waals surface area contributed by atoms with Crippen LogP contribution in [0.1, 0.15) is 55.2 Å². The van der Waals surface area contributed by atoms with Crippen molar-refractivity contribution in [3.8, 4) is 5.75 Å². The third-order valence-corrected chi connectivity index (χ3v) is 6.67. The molecule has 0 unspecified atom stereocenters. The predicted octanol–water partition coefficient (Wildman–Crippen LogP) is 5.61. The molecule has 0 spiro atoms. The van der Waals surface area contributed by atoms with E-state index >= 15 is 0 Å². The zero-order chi connectivity index (χ0) is 25.2. The Kier molecular flexibility index (Phi) is 8.92. The Morgan fingerprint density at radius 1 is 0.750 bits per heavy atom. The van der Waals surface area contributed by atoms with Gasteiger partial charge in [0, 0.05) is 12.6 Å². The second kappa shape index (κ2) is 12.7. The van der Waals surface area contributed by atoms with Crippen LogP contribution in [0.5, 0.6) is 5.75 Å². The number of hydrogen-bond acceptors (Lipinski definition) is 3. The molecule has 5 heteroatoms. The highest BCUT2D eigenvalue weighted by Crippen LogP contribution is 2.35. The number of nitrogens with one attached hydrogen (secondary N) is 2. The average Bonchev–Trinajstić information content (AvgIpc) is 2.94. The van der Waals surface area contributed by atoms with Crippen molar-refractivity contribution in [3.63, 3.8) is 0 Å². The molecule has 0 saturated heterocycles. The molecule has 0 aliphatic heterocycles. The molecular formula is C31H34N2O3. The van der Waals surface area contributed by atoms with Gasteiger partial charge in [-0.25, -0.2) is 0 Å². The highest BCUT2D eigenvalue weighted by atomic mass is 16.5. The molecule has 1 aliphatic carbocycles. The summed E-state index contributed by atoms with van der Waals surface area (Å²) in [6.45, 7) is 0.355. The highest BCUT2D eigenvalue weighted by molar-refractivity contribution is 6.35. The van der Waals surface area contributed by atoms with Gasteiger partial charge in [0.1, 0.15) is 5.75 Å². The van der Waals surface area contributed by atoms with Crippen LogP contribution < -0.4 is 15.4 Å². The third kappa shape index (κ3) is 6.63. The van der Waals surface area contributed by atoms with E-state index in [4.69, 9.17) is 4.74 Å². The molecule has 0 radical (unpaired) electrons. The standard InChI is InChI=1S/C31H34N2O3/c1-36-27-19-17-25(18-20-27)29(24-13-7-3-8-14-24)28(23-11-5-2-6-12-23)21-22-32-30(34)31(35)33-26-15-9-4-10-16-26/h2-3,5-8,11-14,17-20,26H,4,9-10,15-16,21-22H2,1H3,(H,32,34)(H,33,35). The fourth-order valence-corrected chi connectivity index (χ4v) is 4.81. The van der Waals surface area contributed by atoms with Crippen molar-refractivity contribution in [2.24, 2.45) is 0 Å². The Hall–Kier alpha value is -3.86. The van der Waals surface area contributed by atoms with Crippen LogP contribution in [0.3, 0.4) is 0 Å². The smallest absolute Gasteiger partial charge is 0.309 e. The first-order valence-electron chi connectivity index (χ1n) is 12.7. The van der Waals surface area contributed by atoms with E-state index in [2.05, 4.69) is 47.0 Å². The summed E-state index contributed by atoms with van der Waals surface area (Å²) in [5.74, 6) is -0.312. The van der Waals surface area contributed by atoms with Crippen LogP contribution >= 0.6 is 0 Å². The first kappa shape index (κ1) is 25.2. The van der Waals surface area contributed by atoms with E-state index in [1.54, 1.807) is 7.11 Å². The number of methoxy groups -OCH3 is 1. The van der Waals surface area contributed by atoms with Crippen molar-refractivity contribution in [2.75, 3.05) is 13.7 Å². The lowest BCUT2D eigenvalue weighted by Gasteiger charge is -2.22. The molecule has 3 aromatic rings. The minimum Gasteiger partial charge on any atom is -0.497 e. The summed E-state index contributed by atoms with van der Waals surface area (Å²) >= 11 is 0. The van der Waals surface area contributed by atoms with Gasteiger partial charge in [-0.2, -0.15) is 0 Å². The Morgan fingerprint density at radius 3 is 1.94 bits per heavy atom. The SMILES string of the molecule is COc1ccc(C(=C(CCNC(=O)C(=O)NC2CCCCC2)c2ccccc2)c2ccccc2)cc1. The van der Waals surface area contributed by atoms with Gasteiger partial charge in [0.05, 0.1) is 7.11 Å². The fourth-order valence-electron chi connectivity index (χ4n) is 4.81. The maximum Gasteiger partial charge on any atom is 0.309 e. The number of carbonyl (C=O) groups is 2. The molecular weight excluding hydrogens is 448 g/mol. The van der Waals surface area contributed by atoms with E-state index in [0.717, 1.165) is 59.3 Å². The second-order valence-electron chi connectivity index (χ2n) is 9.13. The summed E-state index contributed by atoms with van der Waals surface area (Å²) in [5.41, 5.74) is 5.41. The lowest BCUT2D eigenvalue weighted by atomic mass is 9.88. The van der Waals surface area contributed by atoms with Crippen molar-refractivity contribution in [2.45, 2.75) is 44.6 Å². The highest BCUT2D eigenvalue weighted by Gasteiger charge is 2.21. The number of hydrogen-bond donors (Lipinski definition) is 2. The normalized spacial score (nSPS) is 14.5. The Balaban J connectivity index is 1.60. The summed E-state index contributed by atoms with van der Waals surface area (Å²) in [5, 5.41) is 5.74. The number of ether oxygens (including phenoxy) is 1. The Labute approximate surface area is 213 Å². The van der Waals surface area contributed by atoms with Crippen LogP contribution in [0.4, 0.5) is 0 Å². The van der Waals surface area contributed by atoms with E-state index in [1.165, 1.54) is 6.42 Å². The topological polar surface area (TPSA) is 67.4 Å². The van der Waals surface area contributed by atoms with Crippen LogP contribution in [0.2, 0.25) is 0 Å². The van der Waals surface area contributed by atoms with Gasteiger partial charge in [-0.05, 0) is 59.2 Å². The molecule has 2 amide bonds. The van der Waals surface area contributed by atoms with Crippen molar-refractivity contribution in [1.29, 1.82) is 0 Å². The van der Waals surface area contributed by atoms with Gasteiger partial charge in [0.2, 0.25) is 0 Å². The average molecular weight is 483 g/mol. The summed E-state index contributed by atoms with van der Waals surface area (Å²) < 4.78 is 5.37.